The van der Waals surface area contributed by atoms with Gasteiger partial charge in [0.2, 0.25) is 0 Å². The van der Waals surface area contributed by atoms with E-state index in [0.717, 1.165) is 23.7 Å². The molecule has 16 heavy (non-hydrogen) atoms. The zero-order valence-electron chi connectivity index (χ0n) is 9.46. The number of hydrogen-bond acceptors (Lipinski definition) is 2. The first-order chi connectivity index (χ1) is 7.68. The number of hydrogen-bond donors (Lipinski definition) is 1. The Balaban J connectivity index is 2.36. The summed E-state index contributed by atoms with van der Waals surface area (Å²) in [6.45, 7) is 4.18. The Morgan fingerprint density at radius 1 is 1.44 bits per heavy atom. The second kappa shape index (κ2) is 2.85. The van der Waals surface area contributed by atoms with Gasteiger partial charge in [0.15, 0.2) is 0 Å². The van der Waals surface area contributed by atoms with E-state index < -0.39 is 0 Å². The van der Waals surface area contributed by atoms with Crippen LogP contribution in [0.4, 0.5) is 0 Å². The second-order valence-corrected chi connectivity index (χ2v) is 4.72. The Morgan fingerprint density at radius 3 is 2.81 bits per heavy atom. The molecule has 2 aromatic rings. The number of aromatic amines is 1. The van der Waals surface area contributed by atoms with E-state index in [9.17, 15) is 5.26 Å². The number of fused-ring (bicyclic) bond motifs is 1. The van der Waals surface area contributed by atoms with Crippen molar-refractivity contribution in [2.75, 3.05) is 0 Å². The molecule has 0 unspecified atom stereocenters. The van der Waals surface area contributed by atoms with E-state index in [2.05, 4.69) is 36.2 Å². The third-order valence-corrected chi connectivity index (χ3v) is 3.65. The van der Waals surface area contributed by atoms with E-state index in [1.54, 1.807) is 0 Å². The molecule has 0 spiro atoms. The lowest BCUT2D eigenvalue weighted by atomic mass is 9.87. The van der Waals surface area contributed by atoms with Crippen LogP contribution in [0.25, 0.3) is 10.9 Å². The Kier molecular flexibility index (Phi) is 1.68. The van der Waals surface area contributed by atoms with Gasteiger partial charge >= 0.3 is 0 Å². The predicted octanol–water partition coefficient (Wildman–Crippen LogP) is 2.73. The van der Waals surface area contributed by atoms with Crippen LogP contribution in [-0.4, -0.2) is 10.2 Å². The van der Waals surface area contributed by atoms with E-state index in [1.165, 1.54) is 16.7 Å². The van der Waals surface area contributed by atoms with Gasteiger partial charge in [-0.05, 0) is 49.4 Å². The summed E-state index contributed by atoms with van der Waals surface area (Å²) in [7, 11) is 0. The molecule has 1 fully saturated rings. The summed E-state index contributed by atoms with van der Waals surface area (Å²) in [6.07, 6.45) is 3.84. The average molecular weight is 211 g/mol. The first kappa shape index (κ1) is 9.41. The van der Waals surface area contributed by atoms with E-state index in [4.69, 9.17) is 0 Å². The fraction of sp³-hybridized carbons (Fsp3) is 0.385. The normalized spacial score (nSPS) is 17.3. The van der Waals surface area contributed by atoms with Crippen LogP contribution in [0.15, 0.2) is 12.3 Å². The van der Waals surface area contributed by atoms with Crippen molar-refractivity contribution in [3.8, 4) is 6.07 Å². The van der Waals surface area contributed by atoms with Gasteiger partial charge < -0.3 is 0 Å². The van der Waals surface area contributed by atoms with Gasteiger partial charge in [-0.3, -0.25) is 5.10 Å². The summed E-state index contributed by atoms with van der Waals surface area (Å²) in [5, 5.41) is 17.5. The quantitative estimate of drug-likeness (QED) is 0.788. The lowest BCUT2D eigenvalue weighted by Gasteiger charge is -2.14. The first-order valence-corrected chi connectivity index (χ1v) is 5.53. The standard InChI is InChI=1S/C13H13N3/c1-8-5-11-10(6-15-16-11)9(2)12(8)13(7-14)3-4-13/h5-6H,3-4H2,1-2H3,(H,15,16). The Labute approximate surface area is 94.1 Å². The van der Waals surface area contributed by atoms with Crippen molar-refractivity contribution in [1.29, 1.82) is 5.26 Å². The smallest absolute Gasteiger partial charge is 0.0829 e. The van der Waals surface area contributed by atoms with E-state index in [0.29, 0.717) is 0 Å². The molecule has 1 aromatic carbocycles. The summed E-state index contributed by atoms with van der Waals surface area (Å²) in [5.74, 6) is 0. The zero-order chi connectivity index (χ0) is 11.3. The van der Waals surface area contributed by atoms with Crippen LogP contribution >= 0.6 is 0 Å². The molecule has 1 aromatic heterocycles. The highest BCUT2D eigenvalue weighted by Gasteiger charge is 2.46. The molecule has 80 valence electrons. The third-order valence-electron chi connectivity index (χ3n) is 3.65. The van der Waals surface area contributed by atoms with Gasteiger partial charge in [0.25, 0.3) is 0 Å². The van der Waals surface area contributed by atoms with Crippen LogP contribution in [0.5, 0.6) is 0 Å². The van der Waals surface area contributed by atoms with E-state index in [1.807, 2.05) is 6.20 Å². The highest BCUT2D eigenvalue weighted by Crippen LogP contribution is 2.50. The molecule has 0 atom stereocenters. The molecule has 0 radical (unpaired) electrons. The molecular weight excluding hydrogens is 198 g/mol. The number of nitrogens with one attached hydrogen (secondary N) is 1. The van der Waals surface area contributed by atoms with Crippen molar-refractivity contribution in [2.24, 2.45) is 0 Å². The number of aryl methyl sites for hydroxylation is 2. The number of H-pyrrole nitrogens is 1. The molecule has 1 N–H and O–H groups in total. The van der Waals surface area contributed by atoms with Crippen LogP contribution < -0.4 is 0 Å². The van der Waals surface area contributed by atoms with Crippen LogP contribution in [0.1, 0.15) is 29.5 Å². The van der Waals surface area contributed by atoms with Crippen molar-refractivity contribution in [1.82, 2.24) is 10.2 Å². The molecule has 0 saturated heterocycles. The maximum absolute atomic E-state index is 9.31. The first-order valence-electron chi connectivity index (χ1n) is 5.53. The van der Waals surface area contributed by atoms with Gasteiger partial charge in [-0.15, -0.1) is 0 Å². The monoisotopic (exact) mass is 211 g/mol. The Bertz CT molecular complexity index is 612. The molecular formula is C13H13N3. The highest BCUT2D eigenvalue weighted by molar-refractivity contribution is 5.84. The summed E-state index contributed by atoms with van der Waals surface area (Å²) < 4.78 is 0. The van der Waals surface area contributed by atoms with Gasteiger partial charge in [-0.25, -0.2) is 0 Å². The predicted molar refractivity (Wildman–Crippen MR) is 62.1 cm³/mol. The fourth-order valence-corrected chi connectivity index (χ4v) is 2.70. The molecule has 3 rings (SSSR count). The van der Waals surface area contributed by atoms with Crippen molar-refractivity contribution < 1.29 is 0 Å². The van der Waals surface area contributed by atoms with Gasteiger partial charge in [-0.2, -0.15) is 10.4 Å². The molecule has 1 heterocycles. The molecule has 1 aliphatic carbocycles. The summed E-state index contributed by atoms with van der Waals surface area (Å²) in [5.41, 5.74) is 4.49. The van der Waals surface area contributed by atoms with Gasteiger partial charge in [0.05, 0.1) is 23.2 Å². The summed E-state index contributed by atoms with van der Waals surface area (Å²) in [6, 6.07) is 4.58. The minimum absolute atomic E-state index is 0.209. The minimum atomic E-state index is -0.209. The number of nitriles is 1. The highest BCUT2D eigenvalue weighted by atomic mass is 15.1. The molecule has 1 saturated carbocycles. The van der Waals surface area contributed by atoms with Crippen molar-refractivity contribution >= 4 is 10.9 Å². The summed E-state index contributed by atoms with van der Waals surface area (Å²) in [4.78, 5) is 0. The second-order valence-electron chi connectivity index (χ2n) is 4.72. The number of nitrogens with zero attached hydrogens (tertiary/aromatic N) is 2. The van der Waals surface area contributed by atoms with Crippen LogP contribution in [0.2, 0.25) is 0 Å². The summed E-state index contributed by atoms with van der Waals surface area (Å²) >= 11 is 0. The van der Waals surface area contributed by atoms with Crippen LogP contribution in [0, 0.1) is 25.2 Å². The van der Waals surface area contributed by atoms with Crippen molar-refractivity contribution in [3.63, 3.8) is 0 Å². The lowest BCUT2D eigenvalue weighted by molar-refractivity contribution is 0.886. The van der Waals surface area contributed by atoms with E-state index >= 15 is 0 Å². The van der Waals surface area contributed by atoms with Gasteiger partial charge in [0, 0.05) is 5.39 Å². The average Bonchev–Trinajstić information content (AvgIpc) is 2.89. The lowest BCUT2D eigenvalue weighted by Crippen LogP contribution is -2.08. The van der Waals surface area contributed by atoms with Crippen molar-refractivity contribution in [3.05, 3.63) is 29.0 Å². The number of benzene rings is 1. The van der Waals surface area contributed by atoms with Crippen LogP contribution in [0.3, 0.4) is 0 Å². The molecule has 0 amide bonds. The maximum Gasteiger partial charge on any atom is 0.0829 e. The largest absolute Gasteiger partial charge is 0.278 e. The van der Waals surface area contributed by atoms with Crippen LogP contribution in [-0.2, 0) is 5.41 Å². The zero-order valence-corrected chi connectivity index (χ0v) is 9.46. The Hall–Kier alpha value is -1.82. The maximum atomic E-state index is 9.31. The third kappa shape index (κ3) is 1.04. The molecule has 0 aliphatic heterocycles. The minimum Gasteiger partial charge on any atom is -0.278 e. The topological polar surface area (TPSA) is 52.5 Å². The molecule has 0 bridgehead atoms. The number of aromatic nitrogens is 2. The van der Waals surface area contributed by atoms with Gasteiger partial charge in [0.1, 0.15) is 0 Å². The number of rotatable bonds is 1. The SMILES string of the molecule is Cc1cc2[nH]ncc2c(C)c1C1(C#N)CC1. The molecule has 1 aliphatic rings. The van der Waals surface area contributed by atoms with Gasteiger partial charge in [-0.1, -0.05) is 0 Å². The fourth-order valence-electron chi connectivity index (χ4n) is 2.70. The van der Waals surface area contributed by atoms with Crippen molar-refractivity contribution in [2.45, 2.75) is 32.1 Å². The molecule has 3 heteroatoms. The Morgan fingerprint density at radius 2 is 2.19 bits per heavy atom. The molecule has 3 nitrogen and oxygen atoms in total. The van der Waals surface area contributed by atoms with E-state index in [-0.39, 0.29) is 5.41 Å².